The fourth-order valence-electron chi connectivity index (χ4n) is 0.587. The molecule has 0 aromatic rings. The van der Waals surface area contributed by atoms with Gasteiger partial charge in [-0.3, -0.25) is 0 Å². The minimum absolute atomic E-state index is 1.02. The molecule has 0 atom stereocenters. The highest BCUT2D eigenvalue weighted by molar-refractivity contribution is 4.70. The van der Waals surface area contributed by atoms with E-state index < -0.39 is 0 Å². The van der Waals surface area contributed by atoms with Crippen LogP contribution in [0.4, 0.5) is 0 Å². The molecule has 0 amide bonds. The van der Waals surface area contributed by atoms with Gasteiger partial charge in [-0.05, 0) is 12.8 Å². The van der Waals surface area contributed by atoms with Crippen LogP contribution in [0.1, 0.15) is 32.6 Å². The van der Waals surface area contributed by atoms with Crippen molar-refractivity contribution in [3.05, 3.63) is 12.3 Å². The summed E-state index contributed by atoms with van der Waals surface area (Å²) in [5.41, 5.74) is 0. The molecule has 0 saturated heterocycles. The summed E-state index contributed by atoms with van der Waals surface area (Å²) in [6, 6.07) is 0. The van der Waals surface area contributed by atoms with E-state index in [1.54, 1.807) is 6.08 Å². The highest BCUT2D eigenvalue weighted by Crippen LogP contribution is 1.98. The molecule has 1 heteroatoms. The molecule has 0 aliphatic heterocycles. The van der Waals surface area contributed by atoms with Crippen LogP contribution in [0.5, 0.6) is 0 Å². The van der Waals surface area contributed by atoms with Crippen molar-refractivity contribution >= 4 is 0 Å². The molecular weight excluding hydrogens is 100 g/mol. The van der Waals surface area contributed by atoms with Gasteiger partial charge in [0.2, 0.25) is 0 Å². The van der Waals surface area contributed by atoms with Crippen LogP contribution in [0.15, 0.2) is 12.3 Å². The Kier molecular flexibility index (Phi) is 6.16. The summed E-state index contributed by atoms with van der Waals surface area (Å²) in [5.74, 6) is 0. The normalized spacial score (nSPS) is 10.6. The third-order valence-corrected chi connectivity index (χ3v) is 1.08. The molecule has 8 heavy (non-hydrogen) atoms. The second-order valence-corrected chi connectivity index (χ2v) is 1.88. The van der Waals surface area contributed by atoms with Crippen LogP contribution in [0.25, 0.3) is 0 Å². The van der Waals surface area contributed by atoms with Crippen molar-refractivity contribution in [3.63, 3.8) is 0 Å². The Morgan fingerprint density at radius 2 is 2.12 bits per heavy atom. The summed E-state index contributed by atoms with van der Waals surface area (Å²) < 4.78 is 0. The highest BCUT2D eigenvalue weighted by Gasteiger charge is 1.79. The molecule has 0 radical (unpaired) electrons. The van der Waals surface area contributed by atoms with Crippen molar-refractivity contribution in [1.29, 1.82) is 0 Å². The molecule has 0 unspecified atom stereocenters. The maximum Gasteiger partial charge on any atom is 0.0751 e. The molecule has 0 bridgehead atoms. The van der Waals surface area contributed by atoms with E-state index in [-0.39, 0.29) is 0 Å². The molecule has 1 nitrogen and oxygen atoms in total. The van der Waals surface area contributed by atoms with Gasteiger partial charge in [0.25, 0.3) is 0 Å². The number of aliphatic hydroxyl groups is 1. The molecule has 0 heterocycles. The lowest BCUT2D eigenvalue weighted by atomic mass is 10.2. The lowest BCUT2D eigenvalue weighted by molar-refractivity contribution is 0.470. The summed E-state index contributed by atoms with van der Waals surface area (Å²) in [7, 11) is 0. The van der Waals surface area contributed by atoms with Crippen molar-refractivity contribution in [3.8, 4) is 0 Å². The van der Waals surface area contributed by atoms with Crippen molar-refractivity contribution in [2.24, 2.45) is 0 Å². The molecule has 0 aliphatic rings. The number of aliphatic hydroxyl groups excluding tert-OH is 1. The van der Waals surface area contributed by atoms with Gasteiger partial charge >= 0.3 is 0 Å². The first-order valence-electron chi connectivity index (χ1n) is 3.21. The summed E-state index contributed by atoms with van der Waals surface area (Å²) in [6.07, 6.45) is 7.65. The Labute approximate surface area is 51.0 Å². The van der Waals surface area contributed by atoms with E-state index >= 15 is 0 Å². The second-order valence-electron chi connectivity index (χ2n) is 1.88. The van der Waals surface area contributed by atoms with E-state index in [1.807, 2.05) is 0 Å². The maximum atomic E-state index is 8.19. The smallest absolute Gasteiger partial charge is 0.0751 e. The molecule has 0 saturated carbocycles. The van der Waals surface area contributed by atoms with Crippen LogP contribution in [-0.2, 0) is 0 Å². The van der Waals surface area contributed by atoms with E-state index in [9.17, 15) is 0 Å². The summed E-state index contributed by atoms with van der Waals surface area (Å²) in [4.78, 5) is 0. The molecule has 0 aliphatic carbocycles. The first-order valence-corrected chi connectivity index (χ1v) is 3.21. The van der Waals surface area contributed by atoms with Crippen LogP contribution >= 0.6 is 0 Å². The molecular formula is C7H14O. The predicted octanol–water partition coefficient (Wildman–Crippen LogP) is 2.64. The number of rotatable bonds is 4. The SMILES string of the molecule is CCCCCC=CO. The van der Waals surface area contributed by atoms with Crippen LogP contribution in [-0.4, -0.2) is 5.11 Å². The van der Waals surface area contributed by atoms with Crippen molar-refractivity contribution in [2.45, 2.75) is 32.6 Å². The van der Waals surface area contributed by atoms with Gasteiger partial charge in [-0.15, -0.1) is 0 Å². The number of hydrogen-bond donors (Lipinski definition) is 1. The summed E-state index contributed by atoms with van der Waals surface area (Å²) in [5, 5.41) is 8.19. The minimum atomic E-state index is 1.02. The topological polar surface area (TPSA) is 20.2 Å². The number of hydrogen-bond acceptors (Lipinski definition) is 1. The first kappa shape index (κ1) is 7.54. The molecule has 0 spiro atoms. The van der Waals surface area contributed by atoms with Crippen molar-refractivity contribution < 1.29 is 5.11 Å². The van der Waals surface area contributed by atoms with E-state index in [1.165, 1.54) is 19.3 Å². The highest BCUT2D eigenvalue weighted by atomic mass is 16.2. The Hall–Kier alpha value is -0.460. The van der Waals surface area contributed by atoms with Gasteiger partial charge in [-0.25, -0.2) is 0 Å². The Morgan fingerprint density at radius 1 is 1.38 bits per heavy atom. The average Bonchev–Trinajstić information content (AvgIpc) is 1.81. The van der Waals surface area contributed by atoms with Gasteiger partial charge in [0.05, 0.1) is 6.26 Å². The van der Waals surface area contributed by atoms with Gasteiger partial charge in [-0.2, -0.15) is 0 Å². The van der Waals surface area contributed by atoms with E-state index in [2.05, 4.69) is 6.92 Å². The van der Waals surface area contributed by atoms with Crippen LogP contribution in [0, 0.1) is 0 Å². The standard InChI is InChI=1S/C7H14O/c1-2-3-4-5-6-7-8/h6-8H,2-5H2,1H3. The van der Waals surface area contributed by atoms with Crippen LogP contribution < -0.4 is 0 Å². The van der Waals surface area contributed by atoms with Crippen LogP contribution in [0.2, 0.25) is 0 Å². The fourth-order valence-corrected chi connectivity index (χ4v) is 0.587. The molecule has 48 valence electrons. The third kappa shape index (κ3) is 5.54. The Bertz CT molecular complexity index is 57.4. The number of unbranched alkanes of at least 4 members (excludes halogenated alkanes) is 3. The monoisotopic (exact) mass is 114 g/mol. The molecule has 0 aromatic carbocycles. The fraction of sp³-hybridized carbons (Fsp3) is 0.714. The van der Waals surface area contributed by atoms with Gasteiger partial charge in [0.15, 0.2) is 0 Å². The molecule has 0 fully saturated rings. The zero-order chi connectivity index (χ0) is 6.24. The van der Waals surface area contributed by atoms with Gasteiger partial charge in [0.1, 0.15) is 0 Å². The van der Waals surface area contributed by atoms with E-state index in [4.69, 9.17) is 5.11 Å². The maximum absolute atomic E-state index is 8.19. The van der Waals surface area contributed by atoms with Gasteiger partial charge in [0, 0.05) is 0 Å². The average molecular weight is 114 g/mol. The largest absolute Gasteiger partial charge is 0.516 e. The van der Waals surface area contributed by atoms with Crippen molar-refractivity contribution in [2.75, 3.05) is 0 Å². The van der Waals surface area contributed by atoms with Gasteiger partial charge in [-0.1, -0.05) is 25.8 Å². The molecule has 0 rings (SSSR count). The van der Waals surface area contributed by atoms with Crippen LogP contribution in [0.3, 0.4) is 0 Å². The third-order valence-electron chi connectivity index (χ3n) is 1.08. The second kappa shape index (κ2) is 6.54. The van der Waals surface area contributed by atoms with E-state index in [0.717, 1.165) is 12.7 Å². The Morgan fingerprint density at radius 3 is 2.62 bits per heavy atom. The Balaban J connectivity index is 2.72. The van der Waals surface area contributed by atoms with E-state index in [0.29, 0.717) is 0 Å². The summed E-state index contributed by atoms with van der Waals surface area (Å²) >= 11 is 0. The predicted molar refractivity (Wildman–Crippen MR) is 35.9 cm³/mol. The lowest BCUT2D eigenvalue weighted by Gasteiger charge is -1.88. The van der Waals surface area contributed by atoms with Crippen molar-refractivity contribution in [1.82, 2.24) is 0 Å². The zero-order valence-electron chi connectivity index (χ0n) is 5.43. The quantitative estimate of drug-likeness (QED) is 0.440. The summed E-state index contributed by atoms with van der Waals surface area (Å²) in [6.45, 7) is 2.17. The lowest BCUT2D eigenvalue weighted by Crippen LogP contribution is -1.69. The molecule has 0 aromatic heterocycles. The first-order chi connectivity index (χ1) is 3.91. The molecule has 1 N–H and O–H groups in total. The number of allylic oxidation sites excluding steroid dienone is 1. The van der Waals surface area contributed by atoms with Gasteiger partial charge < -0.3 is 5.11 Å². The minimum Gasteiger partial charge on any atom is -0.516 e. The zero-order valence-corrected chi connectivity index (χ0v) is 5.43.